The number of piperidine rings is 1. The zero-order valence-corrected chi connectivity index (χ0v) is 9.33. The van der Waals surface area contributed by atoms with Crippen molar-refractivity contribution in [1.82, 2.24) is 15.0 Å². The Balaban J connectivity index is 1.81. The summed E-state index contributed by atoms with van der Waals surface area (Å²) in [4.78, 5) is 27.1. The number of aromatic nitrogens is 1. The summed E-state index contributed by atoms with van der Waals surface area (Å²) < 4.78 is 4.70. The summed E-state index contributed by atoms with van der Waals surface area (Å²) in [5.74, 6) is -0.0994. The average molecular weight is 235 g/mol. The lowest BCUT2D eigenvalue weighted by molar-refractivity contribution is -0.129. The summed E-state index contributed by atoms with van der Waals surface area (Å²) in [5, 5.41) is 3.73. The fourth-order valence-electron chi connectivity index (χ4n) is 2.47. The van der Waals surface area contributed by atoms with Crippen molar-refractivity contribution in [2.75, 3.05) is 6.54 Å². The van der Waals surface area contributed by atoms with Crippen molar-refractivity contribution in [3.05, 3.63) is 18.0 Å². The van der Waals surface area contributed by atoms with E-state index in [1.54, 1.807) is 11.0 Å². The first-order valence-electron chi connectivity index (χ1n) is 5.78. The number of carbonyl (C=O) groups is 2. The van der Waals surface area contributed by atoms with Gasteiger partial charge in [0.15, 0.2) is 0 Å². The second kappa shape index (κ2) is 3.87. The minimum atomic E-state index is -0.247. The highest BCUT2D eigenvalue weighted by Gasteiger charge is 2.45. The van der Waals surface area contributed by atoms with E-state index in [1.165, 1.54) is 11.2 Å². The molecule has 0 aliphatic carbocycles. The maximum Gasteiger partial charge on any atom is 0.327 e. The lowest BCUT2D eigenvalue weighted by atomic mass is 10.0. The van der Waals surface area contributed by atoms with Crippen LogP contribution in [0.1, 0.15) is 25.0 Å². The Morgan fingerprint density at radius 2 is 2.29 bits per heavy atom. The summed E-state index contributed by atoms with van der Waals surface area (Å²) in [6.45, 7) is 0.895. The maximum absolute atomic E-state index is 12.1. The molecule has 2 saturated heterocycles. The Labute approximate surface area is 98.1 Å². The fraction of sp³-hybridized carbons (Fsp3) is 0.545. The molecule has 1 aromatic heterocycles. The van der Waals surface area contributed by atoms with Crippen LogP contribution < -0.4 is 0 Å². The molecule has 6 heteroatoms. The number of urea groups is 1. The van der Waals surface area contributed by atoms with Gasteiger partial charge in [0.25, 0.3) is 5.91 Å². The van der Waals surface area contributed by atoms with Gasteiger partial charge < -0.3 is 9.42 Å². The van der Waals surface area contributed by atoms with Crippen LogP contribution in [0.5, 0.6) is 0 Å². The van der Waals surface area contributed by atoms with Gasteiger partial charge in [0.2, 0.25) is 0 Å². The molecule has 0 bridgehead atoms. The Bertz CT molecular complexity index is 419. The Morgan fingerprint density at radius 3 is 3.00 bits per heavy atom. The predicted molar refractivity (Wildman–Crippen MR) is 56.8 cm³/mol. The topological polar surface area (TPSA) is 66.7 Å². The molecule has 1 atom stereocenters. The minimum absolute atomic E-state index is 0.0994. The Morgan fingerprint density at radius 1 is 1.41 bits per heavy atom. The number of nitrogens with zero attached hydrogens (tertiary/aromatic N) is 3. The van der Waals surface area contributed by atoms with Crippen molar-refractivity contribution in [3.8, 4) is 0 Å². The smallest absolute Gasteiger partial charge is 0.327 e. The van der Waals surface area contributed by atoms with Gasteiger partial charge in [-0.15, -0.1) is 0 Å². The molecular weight excluding hydrogens is 222 g/mol. The van der Waals surface area contributed by atoms with E-state index in [1.807, 2.05) is 0 Å². The van der Waals surface area contributed by atoms with Gasteiger partial charge >= 0.3 is 6.03 Å². The van der Waals surface area contributed by atoms with E-state index in [-0.39, 0.29) is 24.5 Å². The monoisotopic (exact) mass is 235 g/mol. The van der Waals surface area contributed by atoms with Gasteiger partial charge in [-0.2, -0.15) is 0 Å². The molecule has 3 amide bonds. The van der Waals surface area contributed by atoms with Gasteiger partial charge in [-0.1, -0.05) is 5.16 Å². The molecule has 6 nitrogen and oxygen atoms in total. The van der Waals surface area contributed by atoms with E-state index < -0.39 is 0 Å². The standard InChI is InChI=1S/C11H13N3O3/c15-10-9-3-1-2-5-13(9)11(16)14(10)7-8-4-6-17-12-8/h4,6,9H,1-3,5,7H2/t9-/m1/s1. The second-order valence-corrected chi connectivity index (χ2v) is 4.40. The van der Waals surface area contributed by atoms with Crippen molar-refractivity contribution in [2.45, 2.75) is 31.8 Å². The normalized spacial score (nSPS) is 24.4. The molecule has 3 rings (SSSR count). The largest absolute Gasteiger partial charge is 0.364 e. The first kappa shape index (κ1) is 10.3. The van der Waals surface area contributed by atoms with E-state index in [2.05, 4.69) is 5.16 Å². The van der Waals surface area contributed by atoms with Crippen molar-refractivity contribution < 1.29 is 14.1 Å². The van der Waals surface area contributed by atoms with Crippen LogP contribution in [-0.2, 0) is 11.3 Å². The van der Waals surface area contributed by atoms with E-state index in [0.717, 1.165) is 19.3 Å². The number of amides is 3. The van der Waals surface area contributed by atoms with Crippen LogP contribution in [0.2, 0.25) is 0 Å². The Hall–Kier alpha value is -1.85. The fourth-order valence-corrected chi connectivity index (χ4v) is 2.47. The van der Waals surface area contributed by atoms with Gasteiger partial charge in [-0.3, -0.25) is 9.69 Å². The maximum atomic E-state index is 12.1. The average Bonchev–Trinajstić information content (AvgIpc) is 2.94. The third-order valence-electron chi connectivity index (χ3n) is 3.34. The zero-order valence-electron chi connectivity index (χ0n) is 9.33. The molecule has 0 saturated carbocycles. The predicted octanol–water partition coefficient (Wildman–Crippen LogP) is 0.991. The quantitative estimate of drug-likeness (QED) is 0.717. The molecule has 3 heterocycles. The lowest BCUT2D eigenvalue weighted by Crippen LogP contribution is -2.38. The third kappa shape index (κ3) is 1.60. The second-order valence-electron chi connectivity index (χ2n) is 4.40. The van der Waals surface area contributed by atoms with Crippen molar-refractivity contribution in [1.29, 1.82) is 0 Å². The molecule has 0 radical (unpaired) electrons. The van der Waals surface area contributed by atoms with Crippen LogP contribution in [0, 0.1) is 0 Å². The first-order chi connectivity index (χ1) is 8.27. The van der Waals surface area contributed by atoms with Crippen LogP contribution in [-0.4, -0.2) is 39.5 Å². The van der Waals surface area contributed by atoms with E-state index >= 15 is 0 Å². The molecule has 90 valence electrons. The van der Waals surface area contributed by atoms with Gasteiger partial charge in [-0.25, -0.2) is 4.79 Å². The first-order valence-corrected chi connectivity index (χ1v) is 5.78. The van der Waals surface area contributed by atoms with Gasteiger partial charge in [0.05, 0.1) is 6.54 Å². The van der Waals surface area contributed by atoms with Crippen LogP contribution in [0.3, 0.4) is 0 Å². The van der Waals surface area contributed by atoms with Crippen molar-refractivity contribution >= 4 is 11.9 Å². The number of hydrogen-bond donors (Lipinski definition) is 0. The zero-order chi connectivity index (χ0) is 11.8. The molecule has 0 spiro atoms. The van der Waals surface area contributed by atoms with E-state index in [4.69, 9.17) is 4.52 Å². The summed E-state index contributed by atoms with van der Waals surface area (Å²) in [7, 11) is 0. The summed E-state index contributed by atoms with van der Waals surface area (Å²) in [6, 6.07) is 1.23. The molecule has 17 heavy (non-hydrogen) atoms. The number of hydrogen-bond acceptors (Lipinski definition) is 4. The van der Waals surface area contributed by atoms with Gasteiger partial charge in [-0.05, 0) is 19.3 Å². The number of carbonyl (C=O) groups excluding carboxylic acids is 2. The van der Waals surface area contributed by atoms with Crippen LogP contribution >= 0.6 is 0 Å². The van der Waals surface area contributed by atoms with Gasteiger partial charge in [0.1, 0.15) is 18.0 Å². The lowest BCUT2D eigenvalue weighted by Gasteiger charge is -2.25. The molecular formula is C11H13N3O3. The Kier molecular flexibility index (Phi) is 2.35. The molecule has 1 aromatic rings. The SMILES string of the molecule is O=C1[C@H]2CCCCN2C(=O)N1Cc1ccon1. The van der Waals surface area contributed by atoms with Crippen molar-refractivity contribution in [3.63, 3.8) is 0 Å². The highest BCUT2D eigenvalue weighted by Crippen LogP contribution is 2.27. The summed E-state index contributed by atoms with van der Waals surface area (Å²) in [5.41, 5.74) is 0.603. The number of fused-ring (bicyclic) bond motifs is 1. The highest BCUT2D eigenvalue weighted by atomic mass is 16.5. The van der Waals surface area contributed by atoms with E-state index in [0.29, 0.717) is 12.2 Å². The summed E-state index contributed by atoms with van der Waals surface area (Å²) >= 11 is 0. The highest BCUT2D eigenvalue weighted by molar-refractivity contribution is 6.04. The molecule has 2 aliphatic rings. The van der Waals surface area contributed by atoms with Crippen LogP contribution in [0.25, 0.3) is 0 Å². The molecule has 2 fully saturated rings. The molecule has 0 aromatic carbocycles. The van der Waals surface area contributed by atoms with Gasteiger partial charge in [0, 0.05) is 12.6 Å². The third-order valence-corrected chi connectivity index (χ3v) is 3.34. The molecule has 0 N–H and O–H groups in total. The number of rotatable bonds is 2. The van der Waals surface area contributed by atoms with E-state index in [9.17, 15) is 9.59 Å². The number of imide groups is 1. The minimum Gasteiger partial charge on any atom is -0.364 e. The molecule has 0 unspecified atom stereocenters. The molecule has 2 aliphatic heterocycles. The summed E-state index contributed by atoms with van der Waals surface area (Å²) in [6.07, 6.45) is 4.21. The van der Waals surface area contributed by atoms with Crippen LogP contribution in [0.4, 0.5) is 4.79 Å². The van der Waals surface area contributed by atoms with Crippen LogP contribution in [0.15, 0.2) is 16.9 Å². The van der Waals surface area contributed by atoms with Crippen molar-refractivity contribution in [2.24, 2.45) is 0 Å².